The normalized spacial score (nSPS) is 17.3. The van der Waals surface area contributed by atoms with Crippen molar-refractivity contribution < 1.29 is 14.7 Å². The van der Waals surface area contributed by atoms with E-state index in [0.29, 0.717) is 16.2 Å². The van der Waals surface area contributed by atoms with Gasteiger partial charge in [-0.05, 0) is 30.2 Å². The van der Waals surface area contributed by atoms with Gasteiger partial charge in [0.2, 0.25) is 0 Å². The fraction of sp³-hybridized carbons (Fsp3) is 0.304. The summed E-state index contributed by atoms with van der Waals surface area (Å²) in [7, 11) is 0. The summed E-state index contributed by atoms with van der Waals surface area (Å²) in [6.45, 7) is 2.18. The molecule has 0 saturated carbocycles. The summed E-state index contributed by atoms with van der Waals surface area (Å²) in [5, 5.41) is 20.5. The minimum atomic E-state index is -0.984. The summed E-state index contributed by atoms with van der Waals surface area (Å²) < 4.78 is 0. The molecule has 2 aliphatic heterocycles. The van der Waals surface area contributed by atoms with Crippen LogP contribution in [0.2, 0.25) is 0 Å². The lowest BCUT2D eigenvalue weighted by atomic mass is 10.1. The van der Waals surface area contributed by atoms with Gasteiger partial charge in [-0.15, -0.1) is 5.10 Å². The summed E-state index contributed by atoms with van der Waals surface area (Å²) >= 11 is 1.54. The van der Waals surface area contributed by atoms with Crippen LogP contribution in [-0.4, -0.2) is 32.9 Å². The number of unbranched alkanes of at least 4 members (excludes halogenated alkanes) is 3. The lowest BCUT2D eigenvalue weighted by molar-refractivity contribution is -0.116. The number of nitrogens with one attached hydrogen (secondary N) is 1. The highest BCUT2D eigenvalue weighted by molar-refractivity contribution is 8.13. The third-order valence-electron chi connectivity index (χ3n) is 5.21. The van der Waals surface area contributed by atoms with Gasteiger partial charge in [-0.2, -0.15) is 0 Å². The van der Waals surface area contributed by atoms with Gasteiger partial charge in [0.25, 0.3) is 5.91 Å². The zero-order valence-electron chi connectivity index (χ0n) is 17.2. The van der Waals surface area contributed by atoms with Gasteiger partial charge < -0.3 is 5.11 Å². The Balaban J connectivity index is 1.70. The number of amidine groups is 1. The molecule has 2 aromatic rings. The van der Waals surface area contributed by atoms with Gasteiger partial charge in [-0.3, -0.25) is 15.1 Å². The van der Waals surface area contributed by atoms with Gasteiger partial charge in [-0.25, -0.2) is 9.80 Å². The van der Waals surface area contributed by atoms with Crippen LogP contribution in [0.15, 0.2) is 58.6 Å². The Bertz CT molecular complexity index is 1140. The third-order valence-corrected chi connectivity index (χ3v) is 6.16. The molecular formula is C23H24N4O3S. The van der Waals surface area contributed by atoms with E-state index in [2.05, 4.69) is 12.2 Å². The number of amides is 1. The number of carbonyl (C=O) groups excluding carboxylic acids is 1. The summed E-state index contributed by atoms with van der Waals surface area (Å²) in [5.41, 5.74) is 1.42. The molecule has 2 heterocycles. The number of hydrogen-bond donors (Lipinski definition) is 2. The first-order valence-corrected chi connectivity index (χ1v) is 11.4. The first-order valence-electron chi connectivity index (χ1n) is 10.4. The van der Waals surface area contributed by atoms with E-state index >= 15 is 0 Å². The number of para-hydroxylation sites is 1. The summed E-state index contributed by atoms with van der Waals surface area (Å²) in [6.07, 6.45) is 4.06. The van der Waals surface area contributed by atoms with Crippen LogP contribution in [-0.2, 0) is 4.79 Å². The second-order valence-corrected chi connectivity index (χ2v) is 8.49. The van der Waals surface area contributed by atoms with E-state index in [1.807, 2.05) is 24.3 Å². The molecule has 0 aromatic heterocycles. The largest absolute Gasteiger partial charge is 0.478 e. The number of rotatable bonds is 7. The fourth-order valence-corrected chi connectivity index (χ4v) is 4.46. The predicted octanol–water partition coefficient (Wildman–Crippen LogP) is 2.84. The molecule has 2 aromatic carbocycles. The molecule has 0 bridgehead atoms. The summed E-state index contributed by atoms with van der Waals surface area (Å²) in [4.78, 5) is 29.1. The minimum Gasteiger partial charge on any atom is -0.478 e. The van der Waals surface area contributed by atoms with E-state index in [1.165, 1.54) is 24.6 Å². The Morgan fingerprint density at radius 2 is 1.90 bits per heavy atom. The molecule has 1 unspecified atom stereocenters. The first-order chi connectivity index (χ1) is 15.1. The van der Waals surface area contributed by atoms with Gasteiger partial charge in [-0.1, -0.05) is 68.3 Å². The van der Waals surface area contributed by atoms with E-state index in [9.17, 15) is 14.7 Å². The first kappa shape index (κ1) is 21.1. The lowest BCUT2D eigenvalue weighted by Gasteiger charge is -2.34. The molecule has 0 fully saturated rings. The smallest absolute Gasteiger partial charge is 0.335 e. The van der Waals surface area contributed by atoms with Gasteiger partial charge in [0, 0.05) is 11.0 Å². The molecule has 0 aliphatic carbocycles. The standard InChI is InChI=1S/C23H24N4O3S/c1-2-3-4-7-14-31-23-25-21(28)19-17-8-5-6-9-18(17)24-20(27(19)26-23)15-10-12-16(13-11-15)22(29)30/h5-6,8-13,20H,2-4,7,14H2,1H3,(H,29,30)(H,25,26,28). The van der Waals surface area contributed by atoms with Crippen molar-refractivity contribution in [1.82, 2.24) is 10.3 Å². The molecule has 2 aliphatic rings. The Morgan fingerprint density at radius 3 is 2.65 bits per heavy atom. The number of carboxylic acids is 1. The van der Waals surface area contributed by atoms with Gasteiger partial charge in [0.15, 0.2) is 11.3 Å². The van der Waals surface area contributed by atoms with Crippen LogP contribution in [0.1, 0.15) is 54.7 Å². The molecule has 4 rings (SSSR count). The Kier molecular flexibility index (Phi) is 6.36. The van der Waals surface area contributed by atoms with E-state index < -0.39 is 12.1 Å². The van der Waals surface area contributed by atoms with Crippen LogP contribution in [0.4, 0.5) is 0 Å². The molecule has 1 atom stereocenters. The number of carboxylic acid groups (broad SMARTS) is 1. The number of hydrogen-bond acceptors (Lipinski definition) is 6. The number of hydrazone groups is 1. The minimum absolute atomic E-state index is 0.201. The molecular weight excluding hydrogens is 412 g/mol. The van der Waals surface area contributed by atoms with E-state index in [-0.39, 0.29) is 11.5 Å². The van der Waals surface area contributed by atoms with Crippen molar-refractivity contribution in [2.75, 3.05) is 5.75 Å². The van der Waals surface area contributed by atoms with E-state index in [0.717, 1.165) is 29.4 Å². The number of thioether (sulfide) groups is 1. The van der Waals surface area contributed by atoms with Crippen LogP contribution in [0, 0.1) is 0 Å². The molecule has 1 amide bonds. The van der Waals surface area contributed by atoms with Crippen molar-refractivity contribution in [1.29, 1.82) is 0 Å². The predicted molar refractivity (Wildman–Crippen MR) is 121 cm³/mol. The van der Waals surface area contributed by atoms with Crippen LogP contribution in [0.3, 0.4) is 0 Å². The number of benzene rings is 2. The quantitative estimate of drug-likeness (QED) is 0.651. The Labute approximate surface area is 184 Å². The van der Waals surface area contributed by atoms with Crippen LogP contribution >= 0.6 is 11.8 Å². The fourth-order valence-electron chi connectivity index (χ4n) is 3.61. The van der Waals surface area contributed by atoms with E-state index in [4.69, 9.17) is 10.1 Å². The van der Waals surface area contributed by atoms with E-state index in [1.54, 1.807) is 29.3 Å². The number of aromatic carboxylic acids is 1. The molecule has 2 N–H and O–H groups in total. The Hall–Kier alpha value is -3.13. The zero-order chi connectivity index (χ0) is 21.8. The number of nitrogens with zero attached hydrogens (tertiary/aromatic N) is 3. The van der Waals surface area contributed by atoms with Crippen molar-refractivity contribution in [3.63, 3.8) is 0 Å². The molecule has 0 spiro atoms. The monoisotopic (exact) mass is 436 g/mol. The van der Waals surface area contributed by atoms with Crippen molar-refractivity contribution >= 4 is 34.5 Å². The SMILES string of the molecule is CCCCCCSC1=NN2C(=c3ccccc3=NC2c2ccc(C(=O)O)cc2)C(=O)N1. The summed E-state index contributed by atoms with van der Waals surface area (Å²) in [6, 6.07) is 14.0. The maximum absolute atomic E-state index is 13.1. The molecule has 0 radical (unpaired) electrons. The molecule has 31 heavy (non-hydrogen) atoms. The molecule has 160 valence electrons. The average molecular weight is 437 g/mol. The molecule has 0 saturated heterocycles. The number of fused-ring (bicyclic) bond motifs is 2. The maximum Gasteiger partial charge on any atom is 0.335 e. The number of carbonyl (C=O) groups is 2. The van der Waals surface area contributed by atoms with Crippen molar-refractivity contribution in [2.45, 2.75) is 38.8 Å². The third kappa shape index (κ3) is 4.49. The van der Waals surface area contributed by atoms with Gasteiger partial charge in [0.05, 0.1) is 10.9 Å². The maximum atomic E-state index is 13.1. The highest BCUT2D eigenvalue weighted by atomic mass is 32.2. The average Bonchev–Trinajstić information content (AvgIpc) is 2.78. The second-order valence-electron chi connectivity index (χ2n) is 7.41. The molecule has 7 nitrogen and oxygen atoms in total. The zero-order valence-corrected chi connectivity index (χ0v) is 18.1. The van der Waals surface area contributed by atoms with Gasteiger partial charge in [0.1, 0.15) is 5.70 Å². The Morgan fingerprint density at radius 1 is 1.13 bits per heavy atom. The lowest BCUT2D eigenvalue weighted by Crippen LogP contribution is -2.50. The highest BCUT2D eigenvalue weighted by Crippen LogP contribution is 2.31. The highest BCUT2D eigenvalue weighted by Gasteiger charge is 2.34. The van der Waals surface area contributed by atoms with Crippen molar-refractivity contribution in [2.24, 2.45) is 10.1 Å². The van der Waals surface area contributed by atoms with Crippen LogP contribution in [0.5, 0.6) is 0 Å². The van der Waals surface area contributed by atoms with Crippen molar-refractivity contribution in [3.8, 4) is 0 Å². The van der Waals surface area contributed by atoms with Crippen molar-refractivity contribution in [3.05, 3.63) is 70.2 Å². The second kappa shape index (κ2) is 9.34. The van der Waals surface area contributed by atoms with Gasteiger partial charge >= 0.3 is 5.97 Å². The van der Waals surface area contributed by atoms with Crippen LogP contribution in [0.25, 0.3) is 5.70 Å². The summed E-state index contributed by atoms with van der Waals surface area (Å²) in [5.74, 6) is -0.309. The topological polar surface area (TPSA) is 94.4 Å². The van der Waals surface area contributed by atoms with Crippen LogP contribution < -0.4 is 15.9 Å². The molecule has 8 heteroatoms.